The van der Waals surface area contributed by atoms with Crippen LogP contribution in [0, 0.1) is 6.92 Å². The molecule has 3 nitrogen and oxygen atoms in total. The quantitative estimate of drug-likeness (QED) is 0.847. The molecule has 19 heavy (non-hydrogen) atoms. The van der Waals surface area contributed by atoms with E-state index in [0.717, 1.165) is 6.92 Å². The normalized spacial score (nSPS) is 13.5. The van der Waals surface area contributed by atoms with Crippen molar-refractivity contribution in [3.63, 3.8) is 0 Å². The van der Waals surface area contributed by atoms with Crippen LogP contribution in [0.25, 0.3) is 10.9 Å². The van der Waals surface area contributed by atoms with Crippen molar-refractivity contribution in [3.8, 4) is 0 Å². The van der Waals surface area contributed by atoms with Crippen molar-refractivity contribution >= 4 is 16.9 Å². The maximum absolute atomic E-state index is 13.0. The molecular formula is C13H12F3NO2. The topological polar surface area (TPSA) is 42.1 Å². The molecule has 2 aromatic rings. The Morgan fingerprint density at radius 3 is 2.63 bits per heavy atom. The third-order valence-corrected chi connectivity index (χ3v) is 2.81. The first-order valence-corrected chi connectivity index (χ1v) is 5.61. The van der Waals surface area contributed by atoms with Gasteiger partial charge in [-0.15, -0.1) is 0 Å². The minimum absolute atomic E-state index is 0.0733. The maximum Gasteiger partial charge on any atom is 0.429 e. The molecular weight excluding hydrogens is 259 g/mol. The van der Waals surface area contributed by atoms with Crippen molar-refractivity contribution in [1.29, 1.82) is 0 Å². The van der Waals surface area contributed by atoms with Crippen molar-refractivity contribution < 1.29 is 22.7 Å². The number of hydrogen-bond donors (Lipinski definition) is 1. The number of aromatic amines is 1. The van der Waals surface area contributed by atoms with Crippen LogP contribution in [-0.4, -0.2) is 17.1 Å². The zero-order valence-corrected chi connectivity index (χ0v) is 10.3. The van der Waals surface area contributed by atoms with E-state index < -0.39 is 18.2 Å². The summed E-state index contributed by atoms with van der Waals surface area (Å²) in [6.07, 6.45) is -5.66. The van der Waals surface area contributed by atoms with Gasteiger partial charge in [0.15, 0.2) is 0 Å². The smallest absolute Gasteiger partial charge is 0.429 e. The van der Waals surface area contributed by atoms with Gasteiger partial charge in [-0.05, 0) is 18.6 Å². The molecule has 1 N–H and O–H groups in total. The number of H-pyrrole nitrogens is 1. The summed E-state index contributed by atoms with van der Waals surface area (Å²) in [4.78, 5) is 13.6. The number of ether oxygens (including phenoxy) is 1. The summed E-state index contributed by atoms with van der Waals surface area (Å²) in [5.74, 6) is -0.967. The van der Waals surface area contributed by atoms with Gasteiger partial charge in [0, 0.05) is 29.6 Å². The van der Waals surface area contributed by atoms with Crippen LogP contribution in [-0.2, 0) is 9.53 Å². The monoisotopic (exact) mass is 271 g/mol. The van der Waals surface area contributed by atoms with E-state index in [-0.39, 0.29) is 5.56 Å². The fraction of sp³-hybridized carbons (Fsp3) is 0.308. The molecule has 0 radical (unpaired) electrons. The van der Waals surface area contributed by atoms with E-state index in [4.69, 9.17) is 0 Å². The molecule has 1 atom stereocenters. The lowest BCUT2D eigenvalue weighted by Crippen LogP contribution is -2.25. The molecule has 0 unspecified atom stereocenters. The Kier molecular flexibility index (Phi) is 3.26. The van der Waals surface area contributed by atoms with E-state index in [1.54, 1.807) is 25.1 Å². The molecule has 0 fully saturated rings. The van der Waals surface area contributed by atoms with Crippen LogP contribution in [0.3, 0.4) is 0 Å². The number of benzene rings is 1. The second-order valence-corrected chi connectivity index (χ2v) is 4.27. The molecule has 6 heteroatoms. The standard InChI is InChI=1S/C13H12F3NO2/c1-7-4-3-5-10-11(7)9(6-17-10)12(13(14,15)16)19-8(2)18/h3-6,12,17H,1-2H3/t12-/m1/s1. The van der Waals surface area contributed by atoms with Crippen LogP contribution in [0.4, 0.5) is 13.2 Å². The van der Waals surface area contributed by atoms with Crippen molar-refractivity contribution in [3.05, 3.63) is 35.5 Å². The predicted octanol–water partition coefficient (Wildman–Crippen LogP) is 3.64. The number of hydrogen-bond acceptors (Lipinski definition) is 2. The maximum atomic E-state index is 13.0. The summed E-state index contributed by atoms with van der Waals surface area (Å²) in [7, 11) is 0. The Balaban J connectivity index is 2.59. The lowest BCUT2D eigenvalue weighted by atomic mass is 10.0. The molecule has 2 rings (SSSR count). The van der Waals surface area contributed by atoms with Crippen molar-refractivity contribution in [2.75, 3.05) is 0 Å². The van der Waals surface area contributed by atoms with Crippen LogP contribution in [0.2, 0.25) is 0 Å². The van der Waals surface area contributed by atoms with Gasteiger partial charge in [0.05, 0.1) is 0 Å². The summed E-state index contributed by atoms with van der Waals surface area (Å²) in [6.45, 7) is 2.67. The summed E-state index contributed by atoms with van der Waals surface area (Å²) in [5, 5.41) is 0.436. The van der Waals surface area contributed by atoms with Gasteiger partial charge < -0.3 is 9.72 Å². The van der Waals surface area contributed by atoms with Gasteiger partial charge in [-0.3, -0.25) is 4.79 Å². The number of esters is 1. The molecule has 0 saturated heterocycles. The zero-order valence-electron chi connectivity index (χ0n) is 10.3. The third kappa shape index (κ3) is 2.57. The highest BCUT2D eigenvalue weighted by Crippen LogP contribution is 2.39. The predicted molar refractivity (Wildman–Crippen MR) is 63.6 cm³/mol. The fourth-order valence-corrected chi connectivity index (χ4v) is 2.08. The molecule has 1 aromatic carbocycles. The molecule has 0 aliphatic rings. The Bertz CT molecular complexity index is 616. The van der Waals surface area contributed by atoms with Crippen molar-refractivity contribution in [1.82, 2.24) is 4.98 Å². The van der Waals surface area contributed by atoms with Gasteiger partial charge in [0.1, 0.15) is 0 Å². The zero-order chi connectivity index (χ0) is 14.2. The van der Waals surface area contributed by atoms with E-state index in [1.165, 1.54) is 6.20 Å². The fourth-order valence-electron chi connectivity index (χ4n) is 2.08. The highest BCUT2D eigenvalue weighted by Gasteiger charge is 2.45. The van der Waals surface area contributed by atoms with Crippen LogP contribution >= 0.6 is 0 Å². The van der Waals surface area contributed by atoms with Crippen molar-refractivity contribution in [2.45, 2.75) is 26.1 Å². The first-order valence-electron chi connectivity index (χ1n) is 5.61. The Labute approximate surface area is 107 Å². The largest absolute Gasteiger partial charge is 0.448 e. The minimum Gasteiger partial charge on any atom is -0.448 e. The number of aromatic nitrogens is 1. The average Bonchev–Trinajstić information content (AvgIpc) is 2.69. The number of carbonyl (C=O) groups excluding carboxylic acids is 1. The Morgan fingerprint density at radius 2 is 2.05 bits per heavy atom. The molecule has 0 aliphatic carbocycles. The summed E-state index contributed by atoms with van der Waals surface area (Å²) in [5.41, 5.74) is 1.20. The van der Waals surface area contributed by atoms with Crippen LogP contribution < -0.4 is 0 Å². The van der Waals surface area contributed by atoms with Crippen LogP contribution in [0.1, 0.15) is 24.2 Å². The Morgan fingerprint density at radius 1 is 1.37 bits per heavy atom. The highest BCUT2D eigenvalue weighted by atomic mass is 19.4. The van der Waals surface area contributed by atoms with Gasteiger partial charge in [0.2, 0.25) is 6.10 Å². The number of aryl methyl sites for hydroxylation is 1. The average molecular weight is 271 g/mol. The second-order valence-electron chi connectivity index (χ2n) is 4.27. The highest BCUT2D eigenvalue weighted by molar-refractivity contribution is 5.87. The SMILES string of the molecule is CC(=O)O[C@H](c1c[nH]c2cccc(C)c12)C(F)(F)F. The van der Waals surface area contributed by atoms with Gasteiger partial charge in [-0.2, -0.15) is 13.2 Å². The number of rotatable bonds is 2. The minimum atomic E-state index is -4.65. The van der Waals surface area contributed by atoms with Gasteiger partial charge >= 0.3 is 12.1 Å². The first-order chi connectivity index (χ1) is 8.80. The van der Waals surface area contributed by atoms with E-state index >= 15 is 0 Å². The number of carbonyl (C=O) groups is 1. The number of halogens is 3. The molecule has 0 bridgehead atoms. The molecule has 1 heterocycles. The van der Waals surface area contributed by atoms with Crippen LogP contribution in [0.5, 0.6) is 0 Å². The molecule has 0 amide bonds. The summed E-state index contributed by atoms with van der Waals surface area (Å²) >= 11 is 0. The molecule has 0 saturated carbocycles. The number of nitrogens with one attached hydrogen (secondary N) is 1. The van der Waals surface area contributed by atoms with E-state index in [2.05, 4.69) is 9.72 Å². The van der Waals surface area contributed by atoms with Gasteiger partial charge in [0.25, 0.3) is 0 Å². The number of fused-ring (bicyclic) bond motifs is 1. The second kappa shape index (κ2) is 4.60. The van der Waals surface area contributed by atoms with Gasteiger partial charge in [-0.25, -0.2) is 0 Å². The lowest BCUT2D eigenvalue weighted by Gasteiger charge is -2.20. The third-order valence-electron chi connectivity index (χ3n) is 2.81. The molecule has 0 aliphatic heterocycles. The first kappa shape index (κ1) is 13.5. The van der Waals surface area contributed by atoms with E-state index in [0.29, 0.717) is 16.5 Å². The van der Waals surface area contributed by atoms with E-state index in [9.17, 15) is 18.0 Å². The van der Waals surface area contributed by atoms with Gasteiger partial charge in [-0.1, -0.05) is 12.1 Å². The molecule has 102 valence electrons. The Hall–Kier alpha value is -1.98. The lowest BCUT2D eigenvalue weighted by molar-refractivity contribution is -0.222. The van der Waals surface area contributed by atoms with E-state index in [1.807, 2.05) is 0 Å². The summed E-state index contributed by atoms with van der Waals surface area (Å²) in [6, 6.07) is 5.13. The number of alkyl halides is 3. The van der Waals surface area contributed by atoms with Crippen LogP contribution in [0.15, 0.2) is 24.4 Å². The molecule has 1 aromatic heterocycles. The van der Waals surface area contributed by atoms with Crippen molar-refractivity contribution in [2.24, 2.45) is 0 Å². The molecule has 0 spiro atoms. The summed E-state index contributed by atoms with van der Waals surface area (Å²) < 4.78 is 43.5.